The van der Waals surface area contributed by atoms with Crippen molar-refractivity contribution < 1.29 is 25.2 Å². The molecule has 0 heterocycles. The molecule has 164 valence electrons. The SMILES string of the molecule is CC(C)OS(=O)(=O)c1cc(N)ccc1/C=C/c1ccc(N)cc1S(=O)(=O)OC(C)C. The average Bonchev–Trinajstić information content (AvgIpc) is 2.59. The normalized spacial score (nSPS) is 12.9. The van der Waals surface area contributed by atoms with Crippen LogP contribution in [0.15, 0.2) is 46.2 Å². The average molecular weight is 455 g/mol. The Morgan fingerprint density at radius 2 is 1.03 bits per heavy atom. The highest BCUT2D eigenvalue weighted by molar-refractivity contribution is 7.87. The molecule has 2 aromatic rings. The van der Waals surface area contributed by atoms with E-state index in [0.717, 1.165) is 0 Å². The summed E-state index contributed by atoms with van der Waals surface area (Å²) < 4.78 is 60.4. The number of hydrogen-bond acceptors (Lipinski definition) is 8. The van der Waals surface area contributed by atoms with E-state index in [-0.39, 0.29) is 32.3 Å². The Labute approximate surface area is 177 Å². The third-order valence-corrected chi connectivity index (χ3v) is 6.76. The second-order valence-electron chi connectivity index (χ2n) is 7.13. The summed E-state index contributed by atoms with van der Waals surface area (Å²) in [5, 5.41) is 0. The lowest BCUT2D eigenvalue weighted by Crippen LogP contribution is -2.14. The van der Waals surface area contributed by atoms with Gasteiger partial charge in [-0.2, -0.15) is 16.8 Å². The molecule has 0 radical (unpaired) electrons. The van der Waals surface area contributed by atoms with Gasteiger partial charge < -0.3 is 11.5 Å². The lowest BCUT2D eigenvalue weighted by Gasteiger charge is -2.13. The van der Waals surface area contributed by atoms with Gasteiger partial charge in [-0.05, 0) is 63.1 Å². The highest BCUT2D eigenvalue weighted by atomic mass is 32.2. The number of nitrogen functional groups attached to an aromatic ring is 2. The van der Waals surface area contributed by atoms with Crippen LogP contribution in [-0.4, -0.2) is 29.0 Å². The van der Waals surface area contributed by atoms with Crippen LogP contribution in [0.25, 0.3) is 12.2 Å². The van der Waals surface area contributed by atoms with Crippen LogP contribution in [0.4, 0.5) is 11.4 Å². The van der Waals surface area contributed by atoms with E-state index in [9.17, 15) is 16.8 Å². The predicted molar refractivity (Wildman–Crippen MR) is 117 cm³/mol. The zero-order valence-electron chi connectivity index (χ0n) is 17.2. The van der Waals surface area contributed by atoms with Crippen molar-refractivity contribution in [1.82, 2.24) is 0 Å². The summed E-state index contributed by atoms with van der Waals surface area (Å²) in [5.74, 6) is 0. The van der Waals surface area contributed by atoms with Gasteiger partial charge in [-0.15, -0.1) is 0 Å². The third-order valence-electron chi connectivity index (χ3n) is 3.69. The van der Waals surface area contributed by atoms with E-state index >= 15 is 0 Å². The van der Waals surface area contributed by atoms with Crippen molar-refractivity contribution in [2.24, 2.45) is 0 Å². The summed E-state index contributed by atoms with van der Waals surface area (Å²) in [7, 11) is -8.14. The van der Waals surface area contributed by atoms with Crippen molar-refractivity contribution >= 4 is 43.8 Å². The van der Waals surface area contributed by atoms with Gasteiger partial charge in [-0.3, -0.25) is 8.37 Å². The number of rotatable bonds is 8. The van der Waals surface area contributed by atoms with Crippen molar-refractivity contribution in [3.8, 4) is 0 Å². The van der Waals surface area contributed by atoms with Gasteiger partial charge in [0.25, 0.3) is 20.2 Å². The largest absolute Gasteiger partial charge is 0.399 e. The van der Waals surface area contributed by atoms with Gasteiger partial charge in [-0.25, -0.2) is 0 Å². The molecule has 4 N–H and O–H groups in total. The van der Waals surface area contributed by atoms with Crippen LogP contribution in [0.1, 0.15) is 38.8 Å². The molecule has 0 spiro atoms. The summed E-state index contributed by atoms with van der Waals surface area (Å²) >= 11 is 0. The second kappa shape index (κ2) is 9.17. The molecule has 8 nitrogen and oxygen atoms in total. The van der Waals surface area contributed by atoms with Gasteiger partial charge in [0, 0.05) is 11.4 Å². The second-order valence-corrected chi connectivity index (χ2v) is 10.2. The number of anilines is 2. The molecule has 0 saturated heterocycles. The summed E-state index contributed by atoms with van der Waals surface area (Å²) in [4.78, 5) is -0.239. The van der Waals surface area contributed by atoms with Crippen LogP contribution >= 0.6 is 0 Å². The lowest BCUT2D eigenvalue weighted by molar-refractivity contribution is 0.248. The smallest absolute Gasteiger partial charge is 0.297 e. The lowest BCUT2D eigenvalue weighted by atomic mass is 10.1. The van der Waals surface area contributed by atoms with Crippen molar-refractivity contribution in [2.75, 3.05) is 11.5 Å². The molecule has 0 amide bonds. The quantitative estimate of drug-likeness (QED) is 0.352. The molecule has 0 fully saturated rings. The van der Waals surface area contributed by atoms with Gasteiger partial charge >= 0.3 is 0 Å². The Morgan fingerprint density at radius 3 is 1.33 bits per heavy atom. The molecule has 0 aliphatic heterocycles. The van der Waals surface area contributed by atoms with E-state index in [1.165, 1.54) is 48.6 Å². The fourth-order valence-corrected chi connectivity index (χ4v) is 5.23. The first kappa shape index (κ1) is 23.9. The van der Waals surface area contributed by atoms with E-state index < -0.39 is 32.4 Å². The fraction of sp³-hybridized carbons (Fsp3) is 0.300. The minimum Gasteiger partial charge on any atom is -0.399 e. The minimum atomic E-state index is -4.07. The van der Waals surface area contributed by atoms with Gasteiger partial charge in [-0.1, -0.05) is 24.3 Å². The van der Waals surface area contributed by atoms with E-state index in [1.807, 2.05) is 0 Å². The monoisotopic (exact) mass is 454 g/mol. The van der Waals surface area contributed by atoms with Gasteiger partial charge in [0.2, 0.25) is 0 Å². The van der Waals surface area contributed by atoms with Gasteiger partial charge in [0.1, 0.15) is 9.79 Å². The summed E-state index contributed by atoms with van der Waals surface area (Å²) in [6.07, 6.45) is 1.82. The maximum Gasteiger partial charge on any atom is 0.297 e. The Kier molecular flexibility index (Phi) is 7.30. The molecule has 0 unspecified atom stereocenters. The highest BCUT2D eigenvalue weighted by Crippen LogP contribution is 2.27. The molecule has 0 aromatic heterocycles. The summed E-state index contributed by atoms with van der Waals surface area (Å²) in [5.41, 5.74) is 12.6. The van der Waals surface area contributed by atoms with Gasteiger partial charge in [0.05, 0.1) is 12.2 Å². The van der Waals surface area contributed by atoms with Crippen LogP contribution in [-0.2, 0) is 28.6 Å². The van der Waals surface area contributed by atoms with Crippen LogP contribution in [0.5, 0.6) is 0 Å². The van der Waals surface area contributed by atoms with E-state index in [2.05, 4.69) is 0 Å². The summed E-state index contributed by atoms with van der Waals surface area (Å²) in [6, 6.07) is 8.68. The Bertz CT molecular complexity index is 1060. The molecule has 0 bridgehead atoms. The van der Waals surface area contributed by atoms with Crippen molar-refractivity contribution in [3.63, 3.8) is 0 Å². The van der Waals surface area contributed by atoms with E-state index in [4.69, 9.17) is 19.8 Å². The van der Waals surface area contributed by atoms with Crippen molar-refractivity contribution in [2.45, 2.75) is 49.7 Å². The summed E-state index contributed by atoms with van der Waals surface area (Å²) in [6.45, 7) is 6.39. The molecule has 2 aromatic carbocycles. The Balaban J connectivity index is 2.57. The number of benzene rings is 2. The molecule has 10 heteroatoms. The molecular formula is C20H26N2O6S2. The molecule has 0 aliphatic carbocycles. The molecular weight excluding hydrogens is 428 g/mol. The number of hydrogen-bond donors (Lipinski definition) is 2. The topological polar surface area (TPSA) is 139 Å². The molecule has 2 rings (SSSR count). The third kappa shape index (κ3) is 6.05. The predicted octanol–water partition coefficient (Wildman–Crippen LogP) is 3.25. The van der Waals surface area contributed by atoms with Crippen molar-refractivity contribution in [3.05, 3.63) is 47.5 Å². The first-order chi connectivity index (χ1) is 13.8. The van der Waals surface area contributed by atoms with Crippen LogP contribution in [0, 0.1) is 0 Å². The van der Waals surface area contributed by atoms with E-state index in [0.29, 0.717) is 0 Å². The first-order valence-corrected chi connectivity index (χ1v) is 12.0. The Morgan fingerprint density at radius 1 is 0.700 bits per heavy atom. The van der Waals surface area contributed by atoms with Crippen molar-refractivity contribution in [1.29, 1.82) is 0 Å². The Hall–Kier alpha value is -2.40. The van der Waals surface area contributed by atoms with Crippen LogP contribution in [0.3, 0.4) is 0 Å². The first-order valence-electron chi connectivity index (χ1n) is 9.15. The standard InChI is InChI=1S/C20H26N2O6S2/c1-13(2)27-29(23,24)19-11-17(21)9-7-15(19)5-6-16-8-10-18(22)12-20(16)30(25,26)28-14(3)4/h5-14H,21-22H2,1-4H3/b6-5+. The zero-order valence-corrected chi connectivity index (χ0v) is 18.8. The van der Waals surface area contributed by atoms with E-state index in [1.54, 1.807) is 27.7 Å². The number of nitrogens with two attached hydrogens (primary N) is 2. The zero-order chi connectivity index (χ0) is 22.7. The maximum atomic E-state index is 12.6. The highest BCUT2D eigenvalue weighted by Gasteiger charge is 2.22. The molecule has 0 aliphatic rings. The van der Waals surface area contributed by atoms with Crippen LogP contribution in [0.2, 0.25) is 0 Å². The minimum absolute atomic E-state index is 0.120. The molecule has 30 heavy (non-hydrogen) atoms. The molecule has 0 atom stereocenters. The van der Waals surface area contributed by atoms with Gasteiger partial charge in [0.15, 0.2) is 0 Å². The van der Waals surface area contributed by atoms with Crippen LogP contribution < -0.4 is 11.5 Å². The molecule has 0 saturated carbocycles. The maximum absolute atomic E-state index is 12.6. The fourth-order valence-electron chi connectivity index (χ4n) is 2.60.